The molecule has 0 aliphatic heterocycles. The van der Waals surface area contributed by atoms with Gasteiger partial charge in [-0.15, -0.1) is 10.2 Å². The van der Waals surface area contributed by atoms with Gasteiger partial charge in [0, 0.05) is 23.7 Å². The Bertz CT molecular complexity index is 1310. The number of halogens is 1. The van der Waals surface area contributed by atoms with Crippen LogP contribution in [0.1, 0.15) is 11.9 Å². The van der Waals surface area contributed by atoms with Crippen molar-refractivity contribution < 1.29 is 23.4 Å². The molecular weight excluding hydrogens is 449 g/mol. The SMILES string of the molecule is CCc1nnc(NC(=O)Nc2ccc(Oc3ccnc4cc(OC)c(OC)cc34)cc2F)s1. The van der Waals surface area contributed by atoms with Gasteiger partial charge in [-0.05, 0) is 30.7 Å². The first-order chi connectivity index (χ1) is 16.0. The minimum Gasteiger partial charge on any atom is -0.493 e. The fraction of sp³-hybridized carbons (Fsp3) is 0.182. The number of nitrogens with one attached hydrogen (secondary N) is 2. The van der Waals surface area contributed by atoms with Crippen LogP contribution in [-0.2, 0) is 6.42 Å². The van der Waals surface area contributed by atoms with E-state index in [0.29, 0.717) is 39.7 Å². The number of ether oxygens (including phenoxy) is 3. The first-order valence-electron chi connectivity index (χ1n) is 9.89. The Labute approximate surface area is 192 Å². The first kappa shape index (κ1) is 22.2. The van der Waals surface area contributed by atoms with Crippen LogP contribution in [0.2, 0.25) is 0 Å². The van der Waals surface area contributed by atoms with E-state index in [1.807, 2.05) is 6.92 Å². The van der Waals surface area contributed by atoms with Crippen molar-refractivity contribution in [2.45, 2.75) is 13.3 Å². The molecule has 0 bridgehead atoms. The molecule has 33 heavy (non-hydrogen) atoms. The van der Waals surface area contributed by atoms with Crippen molar-refractivity contribution in [3.8, 4) is 23.0 Å². The molecule has 0 saturated carbocycles. The maximum absolute atomic E-state index is 14.6. The number of aryl methyl sites for hydroxylation is 1. The van der Waals surface area contributed by atoms with Gasteiger partial charge in [0.25, 0.3) is 0 Å². The van der Waals surface area contributed by atoms with Crippen LogP contribution in [0.3, 0.4) is 0 Å². The third-order valence-electron chi connectivity index (χ3n) is 4.61. The summed E-state index contributed by atoms with van der Waals surface area (Å²) >= 11 is 1.26. The Hall–Kier alpha value is -3.99. The van der Waals surface area contributed by atoms with E-state index in [4.69, 9.17) is 14.2 Å². The van der Waals surface area contributed by atoms with Crippen LogP contribution in [0.25, 0.3) is 10.9 Å². The molecule has 4 aromatic rings. The lowest BCUT2D eigenvalue weighted by Crippen LogP contribution is -2.20. The van der Waals surface area contributed by atoms with Gasteiger partial charge in [-0.2, -0.15) is 0 Å². The molecule has 2 aromatic heterocycles. The number of fused-ring (bicyclic) bond motifs is 1. The normalized spacial score (nSPS) is 10.7. The van der Waals surface area contributed by atoms with E-state index in [2.05, 4.69) is 25.8 Å². The Balaban J connectivity index is 1.51. The van der Waals surface area contributed by atoms with Gasteiger partial charge >= 0.3 is 6.03 Å². The van der Waals surface area contributed by atoms with Crippen molar-refractivity contribution in [2.75, 3.05) is 24.9 Å². The molecule has 4 rings (SSSR count). The fourth-order valence-corrected chi connectivity index (χ4v) is 3.70. The average molecular weight is 469 g/mol. The lowest BCUT2D eigenvalue weighted by molar-refractivity contribution is 0.262. The van der Waals surface area contributed by atoms with Gasteiger partial charge in [0.1, 0.15) is 22.3 Å². The van der Waals surface area contributed by atoms with E-state index in [-0.39, 0.29) is 11.4 Å². The quantitative estimate of drug-likeness (QED) is 0.381. The number of hydrogen-bond donors (Lipinski definition) is 2. The summed E-state index contributed by atoms with van der Waals surface area (Å²) in [5.41, 5.74) is 0.620. The third kappa shape index (κ3) is 4.93. The molecule has 0 unspecified atom stereocenters. The van der Waals surface area contributed by atoms with Gasteiger partial charge in [-0.1, -0.05) is 18.3 Å². The summed E-state index contributed by atoms with van der Waals surface area (Å²) in [6, 6.07) is 8.66. The maximum atomic E-state index is 14.6. The van der Waals surface area contributed by atoms with Crippen molar-refractivity contribution in [3.63, 3.8) is 0 Å². The number of nitrogens with zero attached hydrogens (tertiary/aromatic N) is 3. The highest BCUT2D eigenvalue weighted by atomic mass is 32.1. The Morgan fingerprint density at radius 1 is 1.03 bits per heavy atom. The number of rotatable bonds is 7. The summed E-state index contributed by atoms with van der Waals surface area (Å²) in [6.07, 6.45) is 2.29. The summed E-state index contributed by atoms with van der Waals surface area (Å²) < 4.78 is 31.2. The van der Waals surface area contributed by atoms with Crippen molar-refractivity contribution in [1.29, 1.82) is 0 Å². The Morgan fingerprint density at radius 3 is 2.52 bits per heavy atom. The van der Waals surface area contributed by atoms with Crippen LogP contribution < -0.4 is 24.8 Å². The monoisotopic (exact) mass is 469 g/mol. The van der Waals surface area contributed by atoms with Gasteiger partial charge in [0.05, 0.1) is 25.4 Å². The predicted octanol–water partition coefficient (Wildman–Crippen LogP) is 5.24. The molecule has 2 heterocycles. The van der Waals surface area contributed by atoms with E-state index in [0.717, 1.165) is 5.01 Å². The molecule has 11 heteroatoms. The highest BCUT2D eigenvalue weighted by Gasteiger charge is 2.14. The zero-order valence-electron chi connectivity index (χ0n) is 18.0. The molecule has 170 valence electrons. The number of benzene rings is 2. The van der Waals surface area contributed by atoms with Crippen LogP contribution in [0.15, 0.2) is 42.6 Å². The number of pyridine rings is 1. The van der Waals surface area contributed by atoms with Crippen LogP contribution >= 0.6 is 11.3 Å². The standard InChI is InChI=1S/C22H20FN5O4S/c1-4-20-27-28-22(33-20)26-21(29)25-15-6-5-12(9-14(15)23)32-17-7-8-24-16-11-19(31-3)18(30-2)10-13(16)17/h5-11H,4H2,1-3H3,(H2,25,26,28,29). The van der Waals surface area contributed by atoms with Crippen molar-refractivity contribution in [2.24, 2.45) is 0 Å². The molecule has 0 aliphatic rings. The Kier molecular flexibility index (Phi) is 6.50. The number of urea groups is 1. The number of anilines is 2. The summed E-state index contributed by atoms with van der Waals surface area (Å²) in [5, 5.41) is 14.6. The molecule has 2 aromatic carbocycles. The molecular formula is C22H20FN5O4S. The fourth-order valence-electron chi connectivity index (χ4n) is 3.02. The third-order valence-corrected chi connectivity index (χ3v) is 5.60. The first-order valence-corrected chi connectivity index (χ1v) is 10.7. The van der Waals surface area contributed by atoms with Gasteiger partial charge in [0.15, 0.2) is 11.5 Å². The van der Waals surface area contributed by atoms with Crippen LogP contribution in [0.4, 0.5) is 20.0 Å². The molecule has 2 N–H and O–H groups in total. The number of carbonyl (C=O) groups excluding carboxylic acids is 1. The molecule has 0 saturated heterocycles. The molecule has 0 radical (unpaired) electrons. The number of aromatic nitrogens is 3. The zero-order valence-corrected chi connectivity index (χ0v) is 18.8. The number of amides is 2. The summed E-state index contributed by atoms with van der Waals surface area (Å²) in [5.74, 6) is 1.10. The summed E-state index contributed by atoms with van der Waals surface area (Å²) in [7, 11) is 3.07. The van der Waals surface area contributed by atoms with E-state index in [9.17, 15) is 9.18 Å². The van der Waals surface area contributed by atoms with Crippen LogP contribution in [0.5, 0.6) is 23.0 Å². The van der Waals surface area contributed by atoms with Gasteiger partial charge in [-0.25, -0.2) is 9.18 Å². The smallest absolute Gasteiger partial charge is 0.325 e. The molecule has 0 atom stereocenters. The lowest BCUT2D eigenvalue weighted by atomic mass is 10.2. The number of methoxy groups -OCH3 is 2. The van der Waals surface area contributed by atoms with Crippen molar-refractivity contribution >= 4 is 39.1 Å². The number of hydrogen-bond acceptors (Lipinski definition) is 8. The van der Waals surface area contributed by atoms with Gasteiger partial charge in [0.2, 0.25) is 5.13 Å². The van der Waals surface area contributed by atoms with Gasteiger partial charge < -0.3 is 19.5 Å². The topological polar surface area (TPSA) is 107 Å². The van der Waals surface area contributed by atoms with E-state index in [1.54, 1.807) is 37.6 Å². The maximum Gasteiger partial charge on any atom is 0.325 e. The highest BCUT2D eigenvalue weighted by molar-refractivity contribution is 7.15. The minimum absolute atomic E-state index is 0.00827. The average Bonchev–Trinajstić information content (AvgIpc) is 3.27. The second-order valence-corrected chi connectivity index (χ2v) is 7.77. The molecule has 2 amide bonds. The summed E-state index contributed by atoms with van der Waals surface area (Å²) in [4.78, 5) is 16.5. The second-order valence-electron chi connectivity index (χ2n) is 6.71. The second kappa shape index (κ2) is 9.65. The van der Waals surface area contributed by atoms with Crippen molar-refractivity contribution in [1.82, 2.24) is 15.2 Å². The van der Waals surface area contributed by atoms with Crippen LogP contribution in [0, 0.1) is 5.82 Å². The zero-order chi connectivity index (χ0) is 23.4. The van der Waals surface area contributed by atoms with Crippen molar-refractivity contribution in [3.05, 3.63) is 53.4 Å². The van der Waals surface area contributed by atoms with Gasteiger partial charge in [-0.3, -0.25) is 10.3 Å². The van der Waals surface area contributed by atoms with E-state index >= 15 is 0 Å². The predicted molar refractivity (Wildman–Crippen MR) is 123 cm³/mol. The molecule has 0 fully saturated rings. The molecule has 9 nitrogen and oxygen atoms in total. The number of carbonyl (C=O) groups is 1. The summed E-state index contributed by atoms with van der Waals surface area (Å²) in [6.45, 7) is 1.94. The minimum atomic E-state index is -0.660. The lowest BCUT2D eigenvalue weighted by Gasteiger charge is -2.13. The van der Waals surface area contributed by atoms with E-state index in [1.165, 1.54) is 30.6 Å². The highest BCUT2D eigenvalue weighted by Crippen LogP contribution is 2.37. The Morgan fingerprint density at radius 2 is 1.82 bits per heavy atom. The van der Waals surface area contributed by atoms with E-state index < -0.39 is 11.8 Å². The molecule has 0 aliphatic carbocycles. The molecule has 0 spiro atoms. The largest absolute Gasteiger partial charge is 0.493 e. The van der Waals surface area contributed by atoms with Crippen LogP contribution in [-0.4, -0.2) is 35.4 Å².